The maximum Gasteiger partial charge on any atom is 0.224 e. The molecule has 0 aromatic heterocycles. The Morgan fingerprint density at radius 1 is 1.53 bits per heavy atom. The summed E-state index contributed by atoms with van der Waals surface area (Å²) in [5.41, 5.74) is 7.25. The Morgan fingerprint density at radius 3 is 2.94 bits per heavy atom. The first kappa shape index (κ1) is 13.5. The van der Waals surface area contributed by atoms with Gasteiger partial charge >= 0.3 is 0 Å². The summed E-state index contributed by atoms with van der Waals surface area (Å²) in [7, 11) is 0. The van der Waals surface area contributed by atoms with E-state index in [0.29, 0.717) is 25.3 Å². The topological polar surface area (TPSA) is 64.3 Å². The van der Waals surface area contributed by atoms with Crippen LogP contribution in [0, 0.1) is 0 Å². The first-order chi connectivity index (χ1) is 8.11. The third-order valence-corrected chi connectivity index (χ3v) is 2.35. The van der Waals surface area contributed by atoms with Gasteiger partial charge in [0.15, 0.2) is 0 Å². The fraction of sp³-hybridized carbons (Fsp3) is 0.462. The molecule has 94 valence electrons. The molecule has 0 fully saturated rings. The number of anilines is 1. The molecule has 0 heterocycles. The van der Waals surface area contributed by atoms with Crippen molar-refractivity contribution in [3.63, 3.8) is 0 Å². The highest BCUT2D eigenvalue weighted by Gasteiger charge is 2.06. The molecule has 1 aromatic rings. The first-order valence-electron chi connectivity index (χ1n) is 5.84. The summed E-state index contributed by atoms with van der Waals surface area (Å²) in [6, 6.07) is 7.35. The number of nitrogens with two attached hydrogens (primary N) is 1. The SMILES string of the molecule is CCOC(C)CNC(=O)Cc1cccc(N)c1. The van der Waals surface area contributed by atoms with Crippen LogP contribution in [0.5, 0.6) is 0 Å². The van der Waals surface area contributed by atoms with E-state index in [-0.39, 0.29) is 12.0 Å². The van der Waals surface area contributed by atoms with Crippen molar-refractivity contribution >= 4 is 11.6 Å². The molecule has 1 amide bonds. The van der Waals surface area contributed by atoms with Gasteiger partial charge in [0.1, 0.15) is 0 Å². The lowest BCUT2D eigenvalue weighted by molar-refractivity contribution is -0.121. The number of amides is 1. The predicted molar refractivity (Wildman–Crippen MR) is 68.7 cm³/mol. The molecule has 0 aliphatic rings. The Kier molecular flexibility index (Phi) is 5.49. The van der Waals surface area contributed by atoms with Crippen LogP contribution in [-0.2, 0) is 16.0 Å². The molecule has 0 saturated carbocycles. The average Bonchev–Trinajstić information content (AvgIpc) is 2.27. The molecule has 1 aromatic carbocycles. The number of carbonyl (C=O) groups excluding carboxylic acids is 1. The van der Waals surface area contributed by atoms with Crippen molar-refractivity contribution in [2.24, 2.45) is 0 Å². The zero-order valence-electron chi connectivity index (χ0n) is 10.4. The molecule has 0 bridgehead atoms. The molecule has 0 aliphatic carbocycles. The summed E-state index contributed by atoms with van der Waals surface area (Å²) in [6.07, 6.45) is 0.397. The van der Waals surface area contributed by atoms with Gasteiger partial charge in [0.2, 0.25) is 5.91 Å². The van der Waals surface area contributed by atoms with Gasteiger partial charge < -0.3 is 15.8 Å². The molecule has 3 N–H and O–H groups in total. The first-order valence-corrected chi connectivity index (χ1v) is 5.84. The number of nitrogens with one attached hydrogen (secondary N) is 1. The highest BCUT2D eigenvalue weighted by atomic mass is 16.5. The number of nitrogen functional groups attached to an aromatic ring is 1. The van der Waals surface area contributed by atoms with Crippen LogP contribution in [0.3, 0.4) is 0 Å². The molecule has 1 unspecified atom stereocenters. The van der Waals surface area contributed by atoms with E-state index in [1.54, 1.807) is 6.07 Å². The van der Waals surface area contributed by atoms with E-state index < -0.39 is 0 Å². The fourth-order valence-corrected chi connectivity index (χ4v) is 1.55. The molecule has 17 heavy (non-hydrogen) atoms. The Morgan fingerprint density at radius 2 is 2.29 bits per heavy atom. The lowest BCUT2D eigenvalue weighted by Crippen LogP contribution is -2.33. The zero-order chi connectivity index (χ0) is 12.7. The van der Waals surface area contributed by atoms with Crippen molar-refractivity contribution in [3.8, 4) is 0 Å². The van der Waals surface area contributed by atoms with Gasteiger partial charge in [-0.3, -0.25) is 4.79 Å². The van der Waals surface area contributed by atoms with E-state index in [0.717, 1.165) is 5.56 Å². The van der Waals surface area contributed by atoms with E-state index in [2.05, 4.69) is 5.32 Å². The van der Waals surface area contributed by atoms with Crippen LogP contribution in [0.25, 0.3) is 0 Å². The Labute approximate surface area is 102 Å². The fourth-order valence-electron chi connectivity index (χ4n) is 1.55. The third-order valence-electron chi connectivity index (χ3n) is 2.35. The number of rotatable bonds is 6. The summed E-state index contributed by atoms with van der Waals surface area (Å²) >= 11 is 0. The number of ether oxygens (including phenoxy) is 1. The summed E-state index contributed by atoms with van der Waals surface area (Å²) < 4.78 is 5.33. The maximum atomic E-state index is 11.6. The monoisotopic (exact) mass is 236 g/mol. The molecular weight excluding hydrogens is 216 g/mol. The quantitative estimate of drug-likeness (QED) is 0.733. The molecule has 0 aliphatic heterocycles. The van der Waals surface area contributed by atoms with E-state index >= 15 is 0 Å². The van der Waals surface area contributed by atoms with Crippen molar-refractivity contribution in [1.82, 2.24) is 5.32 Å². The van der Waals surface area contributed by atoms with Gasteiger partial charge in [0, 0.05) is 18.8 Å². The summed E-state index contributed by atoms with van der Waals surface area (Å²) in [5.74, 6) is -0.0119. The highest BCUT2D eigenvalue weighted by Crippen LogP contribution is 2.06. The van der Waals surface area contributed by atoms with Gasteiger partial charge in [0.25, 0.3) is 0 Å². The minimum atomic E-state index is -0.0119. The lowest BCUT2D eigenvalue weighted by atomic mass is 10.1. The normalized spacial score (nSPS) is 12.1. The van der Waals surface area contributed by atoms with Gasteiger partial charge in [-0.05, 0) is 31.5 Å². The smallest absolute Gasteiger partial charge is 0.224 e. The van der Waals surface area contributed by atoms with Crippen LogP contribution >= 0.6 is 0 Å². The van der Waals surface area contributed by atoms with Crippen LogP contribution in [0.4, 0.5) is 5.69 Å². The van der Waals surface area contributed by atoms with Crippen molar-refractivity contribution in [2.75, 3.05) is 18.9 Å². The Hall–Kier alpha value is -1.55. The molecule has 1 atom stereocenters. The maximum absolute atomic E-state index is 11.6. The second kappa shape index (κ2) is 6.91. The molecule has 4 nitrogen and oxygen atoms in total. The van der Waals surface area contributed by atoms with Crippen molar-refractivity contribution in [3.05, 3.63) is 29.8 Å². The van der Waals surface area contributed by atoms with Gasteiger partial charge in [-0.2, -0.15) is 0 Å². The number of hydrogen-bond acceptors (Lipinski definition) is 3. The van der Waals surface area contributed by atoms with Crippen molar-refractivity contribution in [2.45, 2.75) is 26.4 Å². The number of hydrogen-bond donors (Lipinski definition) is 2. The van der Waals surface area contributed by atoms with E-state index in [1.165, 1.54) is 0 Å². The van der Waals surface area contributed by atoms with Crippen LogP contribution in [0.15, 0.2) is 24.3 Å². The van der Waals surface area contributed by atoms with E-state index in [1.807, 2.05) is 32.0 Å². The third kappa shape index (κ3) is 5.36. The van der Waals surface area contributed by atoms with Crippen LogP contribution in [0.1, 0.15) is 19.4 Å². The second-order valence-corrected chi connectivity index (χ2v) is 3.99. The molecule has 4 heteroatoms. The van der Waals surface area contributed by atoms with Crippen LogP contribution in [-0.4, -0.2) is 25.2 Å². The van der Waals surface area contributed by atoms with Gasteiger partial charge in [0.05, 0.1) is 12.5 Å². The molecule has 0 saturated heterocycles. The highest BCUT2D eigenvalue weighted by molar-refractivity contribution is 5.78. The van der Waals surface area contributed by atoms with Gasteiger partial charge in [-0.15, -0.1) is 0 Å². The summed E-state index contributed by atoms with van der Waals surface area (Å²) in [5, 5.41) is 2.83. The average molecular weight is 236 g/mol. The molecule has 0 radical (unpaired) electrons. The summed E-state index contributed by atoms with van der Waals surface area (Å²) in [6.45, 7) is 5.07. The summed E-state index contributed by atoms with van der Waals surface area (Å²) in [4.78, 5) is 11.6. The minimum Gasteiger partial charge on any atom is -0.399 e. The molecule has 1 rings (SSSR count). The van der Waals surface area contributed by atoms with Crippen LogP contribution in [0.2, 0.25) is 0 Å². The Balaban J connectivity index is 2.34. The van der Waals surface area contributed by atoms with Crippen LogP contribution < -0.4 is 11.1 Å². The standard InChI is InChI=1S/C13H20N2O2/c1-3-17-10(2)9-15-13(16)8-11-5-4-6-12(14)7-11/h4-7,10H,3,8-9,14H2,1-2H3,(H,15,16). The molecule has 0 spiro atoms. The second-order valence-electron chi connectivity index (χ2n) is 3.99. The molecular formula is C13H20N2O2. The van der Waals surface area contributed by atoms with Crippen molar-refractivity contribution in [1.29, 1.82) is 0 Å². The van der Waals surface area contributed by atoms with Crippen molar-refractivity contribution < 1.29 is 9.53 Å². The minimum absolute atomic E-state index is 0.0119. The van der Waals surface area contributed by atoms with Gasteiger partial charge in [-0.1, -0.05) is 12.1 Å². The zero-order valence-corrected chi connectivity index (χ0v) is 10.4. The number of benzene rings is 1. The Bertz CT molecular complexity index is 366. The predicted octanol–water partition coefficient (Wildman–Crippen LogP) is 1.35. The van der Waals surface area contributed by atoms with E-state index in [4.69, 9.17) is 10.5 Å². The lowest BCUT2D eigenvalue weighted by Gasteiger charge is -2.12. The number of carbonyl (C=O) groups is 1. The largest absolute Gasteiger partial charge is 0.399 e. The van der Waals surface area contributed by atoms with E-state index in [9.17, 15) is 4.79 Å². The van der Waals surface area contributed by atoms with Gasteiger partial charge in [-0.25, -0.2) is 0 Å².